The monoisotopic (exact) mass is 209 g/mol. The minimum absolute atomic E-state index is 0.239. The molecule has 1 aliphatic rings. The highest BCUT2D eigenvalue weighted by atomic mass is 19.1. The van der Waals surface area contributed by atoms with Gasteiger partial charge in [0.05, 0.1) is 5.69 Å². The Morgan fingerprint density at radius 2 is 2.07 bits per heavy atom. The van der Waals surface area contributed by atoms with Crippen LogP contribution in [0.3, 0.4) is 0 Å². The third-order valence-corrected chi connectivity index (χ3v) is 2.68. The molecule has 0 unspecified atom stereocenters. The van der Waals surface area contributed by atoms with Gasteiger partial charge in [-0.05, 0) is 17.7 Å². The Balaban J connectivity index is 2.00. The molecule has 3 nitrogen and oxygen atoms in total. The maximum Gasteiger partial charge on any atom is 0.146 e. The lowest BCUT2D eigenvalue weighted by Crippen LogP contribution is -2.42. The third kappa shape index (κ3) is 2.67. The van der Waals surface area contributed by atoms with E-state index in [1.807, 2.05) is 0 Å². The summed E-state index contributed by atoms with van der Waals surface area (Å²) in [4.78, 5) is 2.34. The lowest BCUT2D eigenvalue weighted by molar-refractivity contribution is 0.233. The molecular formula is C11H16FN3. The van der Waals surface area contributed by atoms with Gasteiger partial charge in [-0.1, -0.05) is 6.07 Å². The lowest BCUT2D eigenvalue weighted by Gasteiger charge is -2.27. The van der Waals surface area contributed by atoms with Gasteiger partial charge in [-0.2, -0.15) is 0 Å². The molecule has 1 heterocycles. The minimum Gasteiger partial charge on any atom is -0.396 e. The fourth-order valence-electron chi connectivity index (χ4n) is 1.82. The number of halogens is 1. The second kappa shape index (κ2) is 4.59. The quantitative estimate of drug-likeness (QED) is 0.708. The maximum absolute atomic E-state index is 12.9. The number of nitrogens with two attached hydrogens (primary N) is 1. The molecule has 1 fully saturated rings. The highest BCUT2D eigenvalue weighted by molar-refractivity contribution is 5.42. The van der Waals surface area contributed by atoms with Crippen molar-refractivity contribution >= 4 is 5.69 Å². The molecule has 0 amide bonds. The van der Waals surface area contributed by atoms with Crippen molar-refractivity contribution in [2.45, 2.75) is 6.54 Å². The first-order chi connectivity index (χ1) is 7.25. The van der Waals surface area contributed by atoms with E-state index in [0.29, 0.717) is 0 Å². The first kappa shape index (κ1) is 10.4. The fourth-order valence-corrected chi connectivity index (χ4v) is 1.82. The molecule has 0 bridgehead atoms. The van der Waals surface area contributed by atoms with Crippen molar-refractivity contribution in [1.29, 1.82) is 0 Å². The van der Waals surface area contributed by atoms with Crippen LogP contribution in [0.1, 0.15) is 5.56 Å². The molecule has 0 saturated carbocycles. The van der Waals surface area contributed by atoms with E-state index in [-0.39, 0.29) is 11.5 Å². The van der Waals surface area contributed by atoms with E-state index in [9.17, 15) is 4.39 Å². The second-order valence-corrected chi connectivity index (χ2v) is 3.88. The van der Waals surface area contributed by atoms with Gasteiger partial charge in [-0.15, -0.1) is 0 Å². The smallest absolute Gasteiger partial charge is 0.146 e. The van der Waals surface area contributed by atoms with Crippen molar-refractivity contribution in [3.63, 3.8) is 0 Å². The van der Waals surface area contributed by atoms with Crippen LogP contribution in [-0.2, 0) is 6.54 Å². The van der Waals surface area contributed by atoms with E-state index in [4.69, 9.17) is 5.73 Å². The number of nitrogens with one attached hydrogen (secondary N) is 1. The van der Waals surface area contributed by atoms with Crippen molar-refractivity contribution in [1.82, 2.24) is 10.2 Å². The highest BCUT2D eigenvalue weighted by Gasteiger charge is 2.10. The van der Waals surface area contributed by atoms with Gasteiger partial charge in [0.2, 0.25) is 0 Å². The summed E-state index contributed by atoms with van der Waals surface area (Å²) in [6, 6.07) is 4.96. The summed E-state index contributed by atoms with van der Waals surface area (Å²) < 4.78 is 12.9. The number of nitrogen functional groups attached to an aromatic ring is 1. The van der Waals surface area contributed by atoms with Gasteiger partial charge in [0, 0.05) is 32.7 Å². The summed E-state index contributed by atoms with van der Waals surface area (Å²) in [5.41, 5.74) is 6.84. The molecule has 1 saturated heterocycles. The van der Waals surface area contributed by atoms with Crippen molar-refractivity contribution in [3.05, 3.63) is 29.6 Å². The van der Waals surface area contributed by atoms with Crippen molar-refractivity contribution < 1.29 is 4.39 Å². The van der Waals surface area contributed by atoms with Crippen LogP contribution in [0.2, 0.25) is 0 Å². The first-order valence-electron chi connectivity index (χ1n) is 5.23. The van der Waals surface area contributed by atoms with Gasteiger partial charge in [0.1, 0.15) is 5.82 Å². The SMILES string of the molecule is Nc1cc(CN2CCNCC2)ccc1F. The first-order valence-corrected chi connectivity index (χ1v) is 5.23. The molecule has 0 aliphatic carbocycles. The van der Waals surface area contributed by atoms with Crippen LogP contribution in [0, 0.1) is 5.82 Å². The summed E-state index contributed by atoms with van der Waals surface area (Å²) in [7, 11) is 0. The molecule has 2 rings (SSSR count). The van der Waals surface area contributed by atoms with Gasteiger partial charge in [-0.3, -0.25) is 4.90 Å². The van der Waals surface area contributed by atoms with Crippen molar-refractivity contribution in [2.24, 2.45) is 0 Å². The molecule has 15 heavy (non-hydrogen) atoms. The van der Waals surface area contributed by atoms with Gasteiger partial charge in [0.15, 0.2) is 0 Å². The number of piperazine rings is 1. The van der Waals surface area contributed by atoms with E-state index < -0.39 is 0 Å². The Morgan fingerprint density at radius 3 is 2.73 bits per heavy atom. The Morgan fingerprint density at radius 1 is 1.33 bits per heavy atom. The van der Waals surface area contributed by atoms with Crippen LogP contribution in [0.15, 0.2) is 18.2 Å². The molecule has 4 heteroatoms. The lowest BCUT2D eigenvalue weighted by atomic mass is 10.1. The average molecular weight is 209 g/mol. The van der Waals surface area contributed by atoms with Crippen LogP contribution < -0.4 is 11.1 Å². The van der Waals surface area contributed by atoms with Gasteiger partial charge >= 0.3 is 0 Å². The zero-order valence-electron chi connectivity index (χ0n) is 8.67. The van der Waals surface area contributed by atoms with Crippen LogP contribution in [0.5, 0.6) is 0 Å². The summed E-state index contributed by atoms with van der Waals surface area (Å²) >= 11 is 0. The van der Waals surface area contributed by atoms with E-state index in [0.717, 1.165) is 38.3 Å². The number of benzene rings is 1. The van der Waals surface area contributed by atoms with E-state index in [1.165, 1.54) is 6.07 Å². The molecule has 0 spiro atoms. The summed E-state index contributed by atoms with van der Waals surface area (Å²) in [6.07, 6.45) is 0. The van der Waals surface area contributed by atoms with Crippen LogP contribution in [0.25, 0.3) is 0 Å². The van der Waals surface area contributed by atoms with Crippen molar-refractivity contribution in [2.75, 3.05) is 31.9 Å². The molecular weight excluding hydrogens is 193 g/mol. The maximum atomic E-state index is 12.9. The van der Waals surface area contributed by atoms with Gasteiger partial charge in [0.25, 0.3) is 0 Å². The Labute approximate surface area is 89.1 Å². The molecule has 1 aromatic carbocycles. The predicted molar refractivity (Wildman–Crippen MR) is 59.0 cm³/mol. The zero-order chi connectivity index (χ0) is 10.7. The Bertz CT molecular complexity index is 335. The third-order valence-electron chi connectivity index (χ3n) is 2.68. The summed E-state index contributed by atoms with van der Waals surface area (Å²) in [5.74, 6) is -0.334. The molecule has 82 valence electrons. The van der Waals surface area contributed by atoms with Gasteiger partial charge in [-0.25, -0.2) is 4.39 Å². The largest absolute Gasteiger partial charge is 0.396 e. The zero-order valence-corrected chi connectivity index (χ0v) is 8.67. The number of hydrogen-bond donors (Lipinski definition) is 2. The number of rotatable bonds is 2. The van der Waals surface area contributed by atoms with E-state index in [2.05, 4.69) is 10.2 Å². The number of anilines is 1. The molecule has 0 aromatic heterocycles. The van der Waals surface area contributed by atoms with Crippen LogP contribution >= 0.6 is 0 Å². The normalized spacial score (nSPS) is 17.9. The average Bonchev–Trinajstić information content (AvgIpc) is 2.25. The van der Waals surface area contributed by atoms with E-state index >= 15 is 0 Å². The standard InChI is InChI=1S/C11H16FN3/c12-10-2-1-9(7-11(10)13)8-15-5-3-14-4-6-15/h1-2,7,14H,3-6,8,13H2. The fraction of sp³-hybridized carbons (Fsp3) is 0.455. The summed E-state index contributed by atoms with van der Waals surface area (Å²) in [5, 5.41) is 3.29. The molecule has 1 aromatic rings. The Hall–Kier alpha value is -1.13. The highest BCUT2D eigenvalue weighted by Crippen LogP contribution is 2.14. The topological polar surface area (TPSA) is 41.3 Å². The molecule has 3 N–H and O–H groups in total. The number of hydrogen-bond acceptors (Lipinski definition) is 3. The second-order valence-electron chi connectivity index (χ2n) is 3.88. The molecule has 0 radical (unpaired) electrons. The van der Waals surface area contributed by atoms with Crippen LogP contribution in [-0.4, -0.2) is 31.1 Å². The molecule has 1 aliphatic heterocycles. The number of nitrogens with zero attached hydrogens (tertiary/aromatic N) is 1. The minimum atomic E-state index is -0.334. The van der Waals surface area contributed by atoms with Gasteiger partial charge < -0.3 is 11.1 Å². The van der Waals surface area contributed by atoms with E-state index in [1.54, 1.807) is 12.1 Å². The van der Waals surface area contributed by atoms with Crippen LogP contribution in [0.4, 0.5) is 10.1 Å². The molecule has 0 atom stereocenters. The van der Waals surface area contributed by atoms with Crippen molar-refractivity contribution in [3.8, 4) is 0 Å². The summed E-state index contributed by atoms with van der Waals surface area (Å²) in [6.45, 7) is 4.98. The Kier molecular flexibility index (Phi) is 3.18. The predicted octanol–water partition coefficient (Wildman–Crippen LogP) is 0.813.